The van der Waals surface area contributed by atoms with Crippen LogP contribution in [0.2, 0.25) is 0 Å². The van der Waals surface area contributed by atoms with E-state index in [9.17, 15) is 4.79 Å². The summed E-state index contributed by atoms with van der Waals surface area (Å²) >= 11 is 0. The van der Waals surface area contributed by atoms with E-state index in [2.05, 4.69) is 23.4 Å². The average molecular weight is 349 g/mol. The van der Waals surface area contributed by atoms with Crippen molar-refractivity contribution in [1.29, 1.82) is 0 Å². The predicted octanol–water partition coefficient (Wildman–Crippen LogP) is 2.58. The molecule has 1 aromatic rings. The number of nitrogens with zero attached hydrogens (tertiary/aromatic N) is 3. The molecule has 0 N–H and O–H groups in total. The number of amides is 1. The van der Waals surface area contributed by atoms with Crippen LogP contribution >= 0.6 is 0 Å². The molecule has 1 amide bonds. The quantitative estimate of drug-likeness (QED) is 0.792. The highest BCUT2D eigenvalue weighted by atomic mass is 16.5. The third kappa shape index (κ3) is 4.42. The summed E-state index contributed by atoms with van der Waals surface area (Å²) in [4.78, 5) is 19.4. The summed E-state index contributed by atoms with van der Waals surface area (Å²) in [5.74, 6) is 1.29. The van der Waals surface area contributed by atoms with E-state index in [0.717, 1.165) is 51.2 Å². The van der Waals surface area contributed by atoms with Gasteiger partial charge in [-0.05, 0) is 38.5 Å². The van der Waals surface area contributed by atoms with Crippen molar-refractivity contribution in [2.75, 3.05) is 26.3 Å². The summed E-state index contributed by atoms with van der Waals surface area (Å²) in [7, 11) is 0. The maximum atomic E-state index is 13.1. The number of likely N-dealkylation sites (tertiary alicyclic amines) is 1. The van der Waals surface area contributed by atoms with Crippen molar-refractivity contribution in [3.05, 3.63) is 18.2 Å². The van der Waals surface area contributed by atoms with Crippen molar-refractivity contribution < 1.29 is 14.3 Å². The zero-order valence-corrected chi connectivity index (χ0v) is 15.7. The standard InChI is InChI=1S/C19H31N3O3/c1-14(2)18(25-13-17-7-5-11-24-17)19(23)21-9-4-6-16(12-21)22-10-8-20-15(22)3/h8,10,14,16-18H,4-7,9,11-13H2,1-3H3. The van der Waals surface area contributed by atoms with E-state index in [1.165, 1.54) is 0 Å². The zero-order chi connectivity index (χ0) is 17.8. The lowest BCUT2D eigenvalue weighted by atomic mass is 10.0. The molecule has 3 rings (SSSR count). The van der Waals surface area contributed by atoms with E-state index in [4.69, 9.17) is 9.47 Å². The largest absolute Gasteiger partial charge is 0.376 e. The Balaban J connectivity index is 1.61. The Morgan fingerprint density at radius 3 is 2.88 bits per heavy atom. The summed E-state index contributed by atoms with van der Waals surface area (Å²) in [6, 6.07) is 0.311. The Morgan fingerprint density at radius 1 is 1.40 bits per heavy atom. The van der Waals surface area contributed by atoms with Crippen LogP contribution in [0, 0.1) is 12.8 Å². The Kier molecular flexibility index (Phi) is 6.12. The molecule has 25 heavy (non-hydrogen) atoms. The van der Waals surface area contributed by atoms with Crippen LogP contribution in [-0.2, 0) is 14.3 Å². The third-order valence-corrected chi connectivity index (χ3v) is 5.30. The Morgan fingerprint density at radius 2 is 2.24 bits per heavy atom. The van der Waals surface area contributed by atoms with Gasteiger partial charge < -0.3 is 18.9 Å². The summed E-state index contributed by atoms with van der Waals surface area (Å²) in [6.45, 7) is 9.01. The molecule has 2 fully saturated rings. The highest BCUT2D eigenvalue weighted by molar-refractivity contribution is 5.81. The SMILES string of the molecule is Cc1nccn1C1CCCN(C(=O)C(OCC2CCCO2)C(C)C)C1. The van der Waals surface area contributed by atoms with Crippen LogP contribution in [0.25, 0.3) is 0 Å². The number of carbonyl (C=O) groups is 1. The van der Waals surface area contributed by atoms with Crippen molar-refractivity contribution in [2.45, 2.75) is 64.7 Å². The number of hydrogen-bond acceptors (Lipinski definition) is 4. The summed E-state index contributed by atoms with van der Waals surface area (Å²) in [5.41, 5.74) is 0. The second-order valence-electron chi connectivity index (χ2n) is 7.60. The van der Waals surface area contributed by atoms with Gasteiger partial charge >= 0.3 is 0 Å². The summed E-state index contributed by atoms with van der Waals surface area (Å²) in [6.07, 6.45) is 7.84. The van der Waals surface area contributed by atoms with Crippen molar-refractivity contribution in [2.24, 2.45) is 5.92 Å². The van der Waals surface area contributed by atoms with Gasteiger partial charge in [0.15, 0.2) is 0 Å². The molecule has 0 spiro atoms. The van der Waals surface area contributed by atoms with Gasteiger partial charge in [-0.1, -0.05) is 13.8 Å². The smallest absolute Gasteiger partial charge is 0.252 e. The highest BCUT2D eigenvalue weighted by Gasteiger charge is 2.33. The van der Waals surface area contributed by atoms with Crippen molar-refractivity contribution in [1.82, 2.24) is 14.5 Å². The van der Waals surface area contributed by atoms with Gasteiger partial charge in [0, 0.05) is 32.1 Å². The lowest BCUT2D eigenvalue weighted by Gasteiger charge is -2.36. The molecule has 0 aliphatic carbocycles. The van der Waals surface area contributed by atoms with Gasteiger partial charge in [-0.3, -0.25) is 4.79 Å². The Hall–Kier alpha value is -1.40. The van der Waals surface area contributed by atoms with E-state index in [0.29, 0.717) is 12.6 Å². The van der Waals surface area contributed by atoms with Crippen molar-refractivity contribution in [3.63, 3.8) is 0 Å². The number of rotatable bonds is 6. The van der Waals surface area contributed by atoms with Crippen LogP contribution < -0.4 is 0 Å². The minimum atomic E-state index is -0.383. The topological polar surface area (TPSA) is 56.6 Å². The van der Waals surface area contributed by atoms with Crippen LogP contribution in [0.15, 0.2) is 12.4 Å². The first-order chi connectivity index (χ1) is 12.1. The molecule has 0 saturated carbocycles. The summed E-state index contributed by atoms with van der Waals surface area (Å²) in [5, 5.41) is 0. The number of imidazole rings is 1. The van der Waals surface area contributed by atoms with Crippen LogP contribution in [0.1, 0.15) is 51.4 Å². The molecule has 3 unspecified atom stereocenters. The lowest BCUT2D eigenvalue weighted by Crippen LogP contribution is -2.48. The molecule has 6 nitrogen and oxygen atoms in total. The first-order valence-electron chi connectivity index (χ1n) is 9.57. The second kappa shape index (κ2) is 8.32. The molecule has 3 atom stereocenters. The van der Waals surface area contributed by atoms with E-state index < -0.39 is 0 Å². The van der Waals surface area contributed by atoms with Crippen molar-refractivity contribution >= 4 is 5.91 Å². The molecular weight excluding hydrogens is 318 g/mol. The molecule has 0 radical (unpaired) electrons. The number of hydrogen-bond donors (Lipinski definition) is 0. The number of aromatic nitrogens is 2. The number of aryl methyl sites for hydroxylation is 1. The molecule has 2 aliphatic heterocycles. The van der Waals surface area contributed by atoms with Gasteiger partial charge in [0.25, 0.3) is 5.91 Å². The number of carbonyl (C=O) groups excluding carboxylic acids is 1. The van der Waals surface area contributed by atoms with Crippen LogP contribution in [0.5, 0.6) is 0 Å². The molecule has 1 aromatic heterocycles. The number of piperidine rings is 1. The van der Waals surface area contributed by atoms with E-state index in [1.807, 2.05) is 24.2 Å². The normalized spacial score (nSPS) is 25.5. The molecule has 0 bridgehead atoms. The molecule has 3 heterocycles. The fourth-order valence-electron chi connectivity index (χ4n) is 3.87. The minimum Gasteiger partial charge on any atom is -0.376 e. The monoisotopic (exact) mass is 349 g/mol. The average Bonchev–Trinajstić information content (AvgIpc) is 3.26. The van der Waals surface area contributed by atoms with Gasteiger partial charge in [-0.15, -0.1) is 0 Å². The van der Waals surface area contributed by atoms with E-state index in [1.54, 1.807) is 0 Å². The molecule has 140 valence electrons. The Labute approximate surface area is 150 Å². The maximum absolute atomic E-state index is 13.1. The van der Waals surface area contributed by atoms with Gasteiger partial charge in [0.1, 0.15) is 11.9 Å². The third-order valence-electron chi connectivity index (χ3n) is 5.30. The minimum absolute atomic E-state index is 0.121. The molecule has 0 aromatic carbocycles. The van der Waals surface area contributed by atoms with E-state index in [-0.39, 0.29) is 24.0 Å². The molecule has 2 saturated heterocycles. The fourth-order valence-corrected chi connectivity index (χ4v) is 3.87. The number of ether oxygens (including phenoxy) is 2. The predicted molar refractivity (Wildman–Crippen MR) is 95.4 cm³/mol. The van der Waals surface area contributed by atoms with Crippen LogP contribution in [0.4, 0.5) is 0 Å². The van der Waals surface area contributed by atoms with E-state index >= 15 is 0 Å². The molecule has 6 heteroatoms. The van der Waals surface area contributed by atoms with Crippen molar-refractivity contribution in [3.8, 4) is 0 Å². The fraction of sp³-hybridized carbons (Fsp3) is 0.789. The highest BCUT2D eigenvalue weighted by Crippen LogP contribution is 2.25. The van der Waals surface area contributed by atoms with Gasteiger partial charge in [0.2, 0.25) is 0 Å². The van der Waals surface area contributed by atoms with Gasteiger partial charge in [0.05, 0.1) is 18.8 Å². The first kappa shape index (κ1) is 18.4. The van der Waals surface area contributed by atoms with Gasteiger partial charge in [-0.25, -0.2) is 4.98 Å². The zero-order valence-electron chi connectivity index (χ0n) is 15.7. The first-order valence-corrected chi connectivity index (χ1v) is 9.57. The van der Waals surface area contributed by atoms with Crippen LogP contribution in [-0.4, -0.2) is 58.9 Å². The second-order valence-corrected chi connectivity index (χ2v) is 7.60. The van der Waals surface area contributed by atoms with Gasteiger partial charge in [-0.2, -0.15) is 0 Å². The molecular formula is C19H31N3O3. The lowest BCUT2D eigenvalue weighted by molar-refractivity contribution is -0.151. The summed E-state index contributed by atoms with van der Waals surface area (Å²) < 4.78 is 13.8. The van der Waals surface area contributed by atoms with Crippen LogP contribution in [0.3, 0.4) is 0 Å². The maximum Gasteiger partial charge on any atom is 0.252 e. The Bertz CT molecular complexity index is 566. The molecule has 2 aliphatic rings.